The van der Waals surface area contributed by atoms with E-state index in [-0.39, 0.29) is 5.82 Å². The summed E-state index contributed by atoms with van der Waals surface area (Å²) in [6.07, 6.45) is 2.68. The summed E-state index contributed by atoms with van der Waals surface area (Å²) in [6, 6.07) is 1.55. The predicted octanol–water partition coefficient (Wildman–Crippen LogP) is 0.792. The average molecular weight is 164 g/mol. The van der Waals surface area contributed by atoms with Crippen LogP contribution in [0.1, 0.15) is 5.56 Å². The molecule has 0 atom stereocenters. The molecule has 0 radical (unpaired) electrons. The highest BCUT2D eigenvalue weighted by Crippen LogP contribution is 2.00. The lowest BCUT2D eigenvalue weighted by Crippen LogP contribution is -2.04. The van der Waals surface area contributed by atoms with Gasteiger partial charge in [0.25, 0.3) is 0 Å². The molecule has 0 spiro atoms. The van der Waals surface area contributed by atoms with E-state index in [9.17, 15) is 4.39 Å². The summed E-state index contributed by atoms with van der Waals surface area (Å²) in [4.78, 5) is 3.61. The molecular formula is C9H9FN2. The third-order valence-corrected chi connectivity index (χ3v) is 1.26. The molecule has 1 aromatic heterocycles. The Morgan fingerprint density at radius 2 is 2.50 bits per heavy atom. The van der Waals surface area contributed by atoms with Crippen LogP contribution in [0.15, 0.2) is 18.5 Å². The van der Waals surface area contributed by atoms with Crippen LogP contribution in [-0.4, -0.2) is 18.6 Å². The molecule has 0 aliphatic carbocycles. The Bertz CT molecular complexity index is 312. The molecule has 1 rings (SSSR count). The van der Waals surface area contributed by atoms with Crippen LogP contribution >= 0.6 is 0 Å². The maximum atomic E-state index is 12.8. The summed E-state index contributed by atoms with van der Waals surface area (Å²) in [7, 11) is 1.79. The quantitative estimate of drug-likeness (QED) is 0.621. The predicted molar refractivity (Wildman–Crippen MR) is 45.0 cm³/mol. The van der Waals surface area contributed by atoms with Crippen LogP contribution in [0.25, 0.3) is 0 Å². The van der Waals surface area contributed by atoms with E-state index in [0.717, 1.165) is 6.20 Å². The van der Waals surface area contributed by atoms with Crippen molar-refractivity contribution in [1.82, 2.24) is 10.3 Å². The lowest BCUT2D eigenvalue weighted by atomic mass is 10.2. The number of pyridine rings is 1. The second-order valence-electron chi connectivity index (χ2n) is 2.19. The average Bonchev–Trinajstić information content (AvgIpc) is 2.09. The Morgan fingerprint density at radius 3 is 3.17 bits per heavy atom. The van der Waals surface area contributed by atoms with Crippen molar-refractivity contribution in [3.8, 4) is 11.8 Å². The maximum absolute atomic E-state index is 12.8. The zero-order valence-electron chi connectivity index (χ0n) is 6.76. The topological polar surface area (TPSA) is 24.9 Å². The number of nitrogens with one attached hydrogen (secondary N) is 1. The molecule has 0 aliphatic rings. The fourth-order valence-corrected chi connectivity index (χ4v) is 0.704. The van der Waals surface area contributed by atoms with Crippen LogP contribution in [0.4, 0.5) is 4.39 Å². The van der Waals surface area contributed by atoms with Gasteiger partial charge in [-0.1, -0.05) is 11.8 Å². The number of nitrogens with zero attached hydrogens (tertiary/aromatic N) is 1. The molecule has 1 aromatic rings. The molecule has 2 nitrogen and oxygen atoms in total. The molecule has 12 heavy (non-hydrogen) atoms. The van der Waals surface area contributed by atoms with Gasteiger partial charge in [-0.15, -0.1) is 0 Å². The minimum atomic E-state index is -0.374. The van der Waals surface area contributed by atoms with Crippen LogP contribution in [-0.2, 0) is 0 Å². The Hall–Kier alpha value is -1.40. The van der Waals surface area contributed by atoms with E-state index >= 15 is 0 Å². The highest BCUT2D eigenvalue weighted by Gasteiger charge is 1.94. The highest BCUT2D eigenvalue weighted by molar-refractivity contribution is 5.33. The van der Waals surface area contributed by atoms with Crippen LogP contribution in [0.5, 0.6) is 0 Å². The number of hydrogen-bond donors (Lipinski definition) is 1. The summed E-state index contributed by atoms with van der Waals surface area (Å²) in [5.41, 5.74) is 0.389. The van der Waals surface area contributed by atoms with Gasteiger partial charge in [0.15, 0.2) is 5.82 Å². The van der Waals surface area contributed by atoms with Gasteiger partial charge >= 0.3 is 0 Å². The molecule has 0 amide bonds. The molecule has 3 heteroatoms. The second-order valence-corrected chi connectivity index (χ2v) is 2.19. The van der Waals surface area contributed by atoms with Crippen molar-refractivity contribution in [2.24, 2.45) is 0 Å². The van der Waals surface area contributed by atoms with Gasteiger partial charge in [0.05, 0.1) is 18.3 Å². The number of halogens is 1. The summed E-state index contributed by atoms with van der Waals surface area (Å²) in [5.74, 6) is 5.08. The largest absolute Gasteiger partial charge is 0.309 e. The van der Waals surface area contributed by atoms with Crippen LogP contribution in [0, 0.1) is 17.7 Å². The van der Waals surface area contributed by atoms with E-state index in [2.05, 4.69) is 22.1 Å². The van der Waals surface area contributed by atoms with E-state index < -0.39 is 0 Å². The summed E-state index contributed by atoms with van der Waals surface area (Å²) < 4.78 is 12.8. The van der Waals surface area contributed by atoms with Gasteiger partial charge in [0, 0.05) is 6.20 Å². The first-order valence-corrected chi connectivity index (χ1v) is 3.57. The first kappa shape index (κ1) is 8.69. The van der Waals surface area contributed by atoms with Crippen LogP contribution in [0.2, 0.25) is 0 Å². The third-order valence-electron chi connectivity index (χ3n) is 1.26. The van der Waals surface area contributed by atoms with Crippen LogP contribution in [0.3, 0.4) is 0 Å². The molecule has 0 fully saturated rings. The van der Waals surface area contributed by atoms with Gasteiger partial charge in [-0.25, -0.2) is 4.39 Å². The summed E-state index contributed by atoms with van der Waals surface area (Å²) in [5, 5.41) is 2.85. The summed E-state index contributed by atoms with van der Waals surface area (Å²) >= 11 is 0. The highest BCUT2D eigenvalue weighted by atomic mass is 19.1. The first-order chi connectivity index (χ1) is 5.84. The summed E-state index contributed by atoms with van der Waals surface area (Å²) in [6.45, 7) is 0.557. The van der Waals surface area contributed by atoms with Gasteiger partial charge < -0.3 is 5.32 Å². The van der Waals surface area contributed by atoms with E-state index in [4.69, 9.17) is 0 Å². The fraction of sp³-hybridized carbons (Fsp3) is 0.222. The Labute approximate surface area is 70.8 Å². The smallest absolute Gasteiger partial charge is 0.157 e. The molecule has 0 aliphatic heterocycles. The zero-order chi connectivity index (χ0) is 8.81. The molecule has 1 heterocycles. The molecule has 62 valence electrons. The normalized spacial score (nSPS) is 8.83. The molecule has 0 saturated heterocycles. The minimum absolute atomic E-state index is 0.374. The first-order valence-electron chi connectivity index (χ1n) is 3.57. The SMILES string of the molecule is CNCC#Cc1ccncc1F. The van der Waals surface area contributed by atoms with Gasteiger partial charge in [-0.3, -0.25) is 4.98 Å². The lowest BCUT2D eigenvalue weighted by Gasteiger charge is -1.90. The van der Waals surface area contributed by atoms with E-state index in [1.807, 2.05) is 0 Å². The maximum Gasteiger partial charge on any atom is 0.157 e. The lowest BCUT2D eigenvalue weighted by molar-refractivity contribution is 0.618. The molecule has 0 saturated carbocycles. The molecular weight excluding hydrogens is 155 g/mol. The molecule has 1 N–H and O–H groups in total. The van der Waals surface area contributed by atoms with Gasteiger partial charge in [0.2, 0.25) is 0 Å². The van der Waals surface area contributed by atoms with Gasteiger partial charge in [-0.05, 0) is 13.1 Å². The minimum Gasteiger partial charge on any atom is -0.309 e. The van der Waals surface area contributed by atoms with Crippen molar-refractivity contribution >= 4 is 0 Å². The van der Waals surface area contributed by atoms with E-state index in [1.165, 1.54) is 6.20 Å². The van der Waals surface area contributed by atoms with Crippen molar-refractivity contribution in [2.75, 3.05) is 13.6 Å². The third kappa shape index (κ3) is 2.33. The number of hydrogen-bond acceptors (Lipinski definition) is 2. The van der Waals surface area contributed by atoms with E-state index in [1.54, 1.807) is 13.1 Å². The van der Waals surface area contributed by atoms with Crippen molar-refractivity contribution in [3.63, 3.8) is 0 Å². The monoisotopic (exact) mass is 164 g/mol. The number of aromatic nitrogens is 1. The van der Waals surface area contributed by atoms with Gasteiger partial charge in [0.1, 0.15) is 0 Å². The zero-order valence-corrected chi connectivity index (χ0v) is 6.76. The Morgan fingerprint density at radius 1 is 1.67 bits per heavy atom. The van der Waals surface area contributed by atoms with Crippen molar-refractivity contribution in [3.05, 3.63) is 29.8 Å². The Balaban J connectivity index is 2.77. The van der Waals surface area contributed by atoms with Crippen molar-refractivity contribution in [2.45, 2.75) is 0 Å². The Kier molecular flexibility index (Phi) is 3.24. The van der Waals surface area contributed by atoms with Crippen LogP contribution < -0.4 is 5.32 Å². The van der Waals surface area contributed by atoms with E-state index in [0.29, 0.717) is 12.1 Å². The molecule has 0 bridgehead atoms. The van der Waals surface area contributed by atoms with Crippen molar-refractivity contribution < 1.29 is 4.39 Å². The van der Waals surface area contributed by atoms with Gasteiger partial charge in [-0.2, -0.15) is 0 Å². The fourth-order valence-electron chi connectivity index (χ4n) is 0.704. The molecule has 0 unspecified atom stereocenters. The van der Waals surface area contributed by atoms with Crippen molar-refractivity contribution in [1.29, 1.82) is 0 Å². The molecule has 0 aromatic carbocycles. The number of rotatable bonds is 1. The standard InChI is InChI=1S/C9H9FN2/c1-11-5-2-3-8-4-6-12-7-9(8)10/h4,6-7,11H,5H2,1H3. The second kappa shape index (κ2) is 4.47.